The van der Waals surface area contributed by atoms with Gasteiger partial charge in [-0.15, -0.1) is 0 Å². The largest absolute Gasteiger partial charge is 0.321 e. The van der Waals surface area contributed by atoms with E-state index in [-0.39, 0.29) is 11.3 Å². The molecule has 29 heavy (non-hydrogen) atoms. The molecule has 0 aliphatic heterocycles. The molecule has 0 unspecified atom stereocenters. The summed E-state index contributed by atoms with van der Waals surface area (Å²) >= 11 is 0. The first-order valence-electron chi connectivity index (χ1n) is 8.96. The number of nitrogens with one attached hydrogen (secondary N) is 1. The number of azo groups is 1. The third kappa shape index (κ3) is 3.93. The Hall–Kier alpha value is -4.13. The normalized spacial score (nSPS) is 11.1. The first-order chi connectivity index (χ1) is 14.1. The van der Waals surface area contributed by atoms with Crippen LogP contribution in [0.3, 0.4) is 0 Å². The van der Waals surface area contributed by atoms with Gasteiger partial charge in [-0.2, -0.15) is 15.3 Å². The summed E-state index contributed by atoms with van der Waals surface area (Å²) in [5.74, 6) is -0.393. The van der Waals surface area contributed by atoms with E-state index < -0.39 is 5.91 Å². The van der Waals surface area contributed by atoms with Crippen molar-refractivity contribution in [1.29, 1.82) is 0 Å². The lowest BCUT2D eigenvalue weighted by molar-refractivity contribution is 0.102. The minimum atomic E-state index is -0.393. The van der Waals surface area contributed by atoms with Gasteiger partial charge in [-0.05, 0) is 42.5 Å². The fraction of sp³-hybridized carbons (Fsp3) is 0.0455. The molecular weight excluding hydrogens is 366 g/mol. The fourth-order valence-electron chi connectivity index (χ4n) is 2.88. The third-order valence-electron chi connectivity index (χ3n) is 4.33. The van der Waals surface area contributed by atoms with Gasteiger partial charge in [0.05, 0.1) is 16.8 Å². The van der Waals surface area contributed by atoms with Gasteiger partial charge in [-0.3, -0.25) is 9.59 Å². The topological polar surface area (TPSA) is 88.7 Å². The van der Waals surface area contributed by atoms with E-state index in [1.807, 2.05) is 30.3 Å². The molecule has 7 heteroatoms. The molecule has 0 spiro atoms. The predicted octanol–water partition coefficient (Wildman–Crippen LogP) is 4.60. The molecule has 4 aromatic rings. The third-order valence-corrected chi connectivity index (χ3v) is 4.33. The van der Waals surface area contributed by atoms with Gasteiger partial charge in [-0.25, -0.2) is 4.68 Å². The zero-order chi connectivity index (χ0) is 20.2. The molecule has 0 bridgehead atoms. The van der Waals surface area contributed by atoms with Gasteiger partial charge in [0.1, 0.15) is 0 Å². The Morgan fingerprint density at radius 2 is 1.41 bits per heavy atom. The van der Waals surface area contributed by atoms with Crippen molar-refractivity contribution < 1.29 is 4.79 Å². The molecule has 1 aromatic heterocycles. The molecule has 0 saturated carbocycles. The van der Waals surface area contributed by atoms with Crippen LogP contribution in [0.15, 0.2) is 93.9 Å². The number of carbonyl (C=O) groups is 1. The Morgan fingerprint density at radius 3 is 2.10 bits per heavy atom. The predicted molar refractivity (Wildman–Crippen MR) is 112 cm³/mol. The summed E-state index contributed by atoms with van der Waals surface area (Å²) < 4.78 is 1.17. The molecule has 0 radical (unpaired) electrons. The average Bonchev–Trinajstić information content (AvgIpc) is 2.76. The highest BCUT2D eigenvalue weighted by Crippen LogP contribution is 2.21. The van der Waals surface area contributed by atoms with Gasteiger partial charge in [0.25, 0.3) is 11.5 Å². The van der Waals surface area contributed by atoms with Crippen LogP contribution in [0, 0.1) is 0 Å². The van der Waals surface area contributed by atoms with Crippen molar-refractivity contribution in [2.45, 2.75) is 0 Å². The number of hydrogen-bond acceptors (Lipinski definition) is 5. The number of rotatable bonds is 4. The van der Waals surface area contributed by atoms with E-state index in [9.17, 15) is 9.59 Å². The smallest absolute Gasteiger partial charge is 0.276 e. The van der Waals surface area contributed by atoms with Gasteiger partial charge in [0.2, 0.25) is 0 Å². The van der Waals surface area contributed by atoms with E-state index >= 15 is 0 Å². The Balaban J connectivity index is 1.55. The maximum Gasteiger partial charge on any atom is 0.276 e. The van der Waals surface area contributed by atoms with Crippen molar-refractivity contribution in [1.82, 2.24) is 9.78 Å². The van der Waals surface area contributed by atoms with E-state index in [1.165, 1.54) is 11.7 Å². The zero-order valence-corrected chi connectivity index (χ0v) is 15.6. The SMILES string of the molecule is Cn1nc(C(=O)Nc2ccc(N=Nc3ccccc3)cc2)c2ccccc2c1=O. The number of aryl methyl sites for hydroxylation is 1. The van der Waals surface area contributed by atoms with Gasteiger partial charge in [0.15, 0.2) is 5.69 Å². The van der Waals surface area contributed by atoms with Crippen LogP contribution in [0.4, 0.5) is 17.1 Å². The number of fused-ring (bicyclic) bond motifs is 1. The molecule has 0 atom stereocenters. The summed E-state index contributed by atoms with van der Waals surface area (Å²) in [7, 11) is 1.53. The fourth-order valence-corrected chi connectivity index (χ4v) is 2.88. The lowest BCUT2D eigenvalue weighted by Crippen LogP contribution is -2.25. The lowest BCUT2D eigenvalue weighted by Gasteiger charge is -2.09. The summed E-state index contributed by atoms with van der Waals surface area (Å²) in [5.41, 5.74) is 1.96. The van der Waals surface area contributed by atoms with Gasteiger partial charge in [-0.1, -0.05) is 36.4 Å². The summed E-state index contributed by atoms with van der Waals surface area (Å²) in [6.45, 7) is 0. The summed E-state index contributed by atoms with van der Waals surface area (Å²) in [6, 6.07) is 23.3. The number of nitrogens with zero attached hydrogens (tertiary/aromatic N) is 4. The molecule has 7 nitrogen and oxygen atoms in total. The maximum atomic E-state index is 12.8. The number of anilines is 1. The molecule has 1 heterocycles. The number of carbonyl (C=O) groups excluding carboxylic acids is 1. The van der Waals surface area contributed by atoms with Crippen molar-refractivity contribution >= 4 is 33.7 Å². The highest BCUT2D eigenvalue weighted by Gasteiger charge is 2.15. The lowest BCUT2D eigenvalue weighted by atomic mass is 10.1. The molecule has 1 N–H and O–H groups in total. The average molecular weight is 383 g/mol. The monoisotopic (exact) mass is 383 g/mol. The van der Waals surface area contributed by atoms with E-state index in [4.69, 9.17) is 0 Å². The van der Waals surface area contributed by atoms with Crippen LogP contribution < -0.4 is 10.9 Å². The van der Waals surface area contributed by atoms with Crippen molar-refractivity contribution in [2.24, 2.45) is 17.3 Å². The molecular formula is C22H17N5O2. The maximum absolute atomic E-state index is 12.8. The van der Waals surface area contributed by atoms with Crippen LogP contribution >= 0.6 is 0 Å². The van der Waals surface area contributed by atoms with Crippen molar-refractivity contribution in [3.63, 3.8) is 0 Å². The van der Waals surface area contributed by atoms with Gasteiger partial charge in [0, 0.05) is 18.1 Å². The molecule has 4 rings (SSSR count). The van der Waals surface area contributed by atoms with E-state index in [1.54, 1.807) is 48.5 Å². The molecule has 0 aliphatic carbocycles. The minimum Gasteiger partial charge on any atom is -0.321 e. The van der Waals surface area contributed by atoms with Crippen LogP contribution in [-0.4, -0.2) is 15.7 Å². The highest BCUT2D eigenvalue weighted by atomic mass is 16.2. The standard InChI is InChI=1S/C22H17N5O2/c1-27-22(29)19-10-6-5-9-18(19)20(26-27)21(28)23-15-11-13-17(14-12-15)25-24-16-7-3-2-4-8-16/h2-14H,1H3,(H,23,28). The number of benzene rings is 3. The summed E-state index contributed by atoms with van der Waals surface area (Å²) in [4.78, 5) is 25.0. The van der Waals surface area contributed by atoms with E-state index in [2.05, 4.69) is 20.6 Å². The number of hydrogen-bond donors (Lipinski definition) is 1. The second-order valence-corrected chi connectivity index (χ2v) is 6.36. The first-order valence-corrected chi connectivity index (χ1v) is 8.96. The Kier molecular flexibility index (Phi) is 4.94. The molecule has 0 aliphatic rings. The molecule has 0 saturated heterocycles. The second kappa shape index (κ2) is 7.85. The minimum absolute atomic E-state index is 0.190. The van der Waals surface area contributed by atoms with Gasteiger partial charge < -0.3 is 5.32 Å². The first kappa shape index (κ1) is 18.2. The quantitative estimate of drug-likeness (QED) is 0.522. The number of amides is 1. The van der Waals surface area contributed by atoms with Crippen LogP contribution in [0.25, 0.3) is 10.8 Å². The Morgan fingerprint density at radius 1 is 0.828 bits per heavy atom. The summed E-state index contributed by atoms with van der Waals surface area (Å²) in [6.07, 6.45) is 0. The van der Waals surface area contributed by atoms with Gasteiger partial charge >= 0.3 is 0 Å². The van der Waals surface area contributed by atoms with E-state index in [0.29, 0.717) is 22.1 Å². The Labute approximate surface area is 166 Å². The van der Waals surface area contributed by atoms with Crippen molar-refractivity contribution in [3.05, 3.63) is 94.9 Å². The van der Waals surface area contributed by atoms with Crippen LogP contribution in [-0.2, 0) is 7.05 Å². The molecule has 3 aromatic carbocycles. The van der Waals surface area contributed by atoms with Crippen molar-refractivity contribution in [2.75, 3.05) is 5.32 Å². The molecule has 1 amide bonds. The van der Waals surface area contributed by atoms with Crippen LogP contribution in [0.5, 0.6) is 0 Å². The van der Waals surface area contributed by atoms with Crippen molar-refractivity contribution in [3.8, 4) is 0 Å². The van der Waals surface area contributed by atoms with Crippen LogP contribution in [0.1, 0.15) is 10.5 Å². The van der Waals surface area contributed by atoms with Crippen LogP contribution in [0.2, 0.25) is 0 Å². The summed E-state index contributed by atoms with van der Waals surface area (Å²) in [5, 5.41) is 16.3. The highest BCUT2D eigenvalue weighted by molar-refractivity contribution is 6.11. The zero-order valence-electron chi connectivity index (χ0n) is 15.6. The van der Waals surface area contributed by atoms with E-state index in [0.717, 1.165) is 5.69 Å². The Bertz CT molecular complexity index is 1260. The molecule has 142 valence electrons. The second-order valence-electron chi connectivity index (χ2n) is 6.36. The number of aromatic nitrogens is 2. The molecule has 0 fully saturated rings.